The fourth-order valence-corrected chi connectivity index (χ4v) is 1.54. The molecule has 0 aliphatic rings. The van der Waals surface area contributed by atoms with Crippen LogP contribution in [0.4, 0.5) is 13.2 Å². The molecule has 19 heavy (non-hydrogen) atoms. The number of benzene rings is 1. The molecule has 1 aromatic carbocycles. The minimum absolute atomic E-state index is 0.186. The molecule has 104 valence electrons. The van der Waals surface area contributed by atoms with Gasteiger partial charge in [0.1, 0.15) is 5.75 Å². The van der Waals surface area contributed by atoms with Gasteiger partial charge in [0, 0.05) is 12.6 Å². The van der Waals surface area contributed by atoms with Gasteiger partial charge in [-0.3, -0.25) is 4.90 Å². The predicted octanol–water partition coefficient (Wildman–Crippen LogP) is 3.32. The first-order valence-corrected chi connectivity index (χ1v) is 5.77. The Morgan fingerprint density at radius 3 is 2.26 bits per heavy atom. The van der Waals surface area contributed by atoms with Crippen LogP contribution in [0.5, 0.6) is 5.75 Å². The summed E-state index contributed by atoms with van der Waals surface area (Å²) in [7, 11) is 0. The zero-order valence-corrected chi connectivity index (χ0v) is 10.7. The van der Waals surface area contributed by atoms with Gasteiger partial charge in [0.15, 0.2) is 0 Å². The summed E-state index contributed by atoms with van der Waals surface area (Å²) in [5.74, 6) is -0.243. The summed E-state index contributed by atoms with van der Waals surface area (Å²) in [6, 6.07) is 7.92. The van der Waals surface area contributed by atoms with Gasteiger partial charge >= 0.3 is 6.36 Å². The molecule has 0 fully saturated rings. The maximum Gasteiger partial charge on any atom is 0.573 e. The van der Waals surface area contributed by atoms with Crippen molar-refractivity contribution < 1.29 is 17.9 Å². The standard InChI is InChI=1S/C13H15F3N2O/c1-10(2)18(8-7-17)9-11-3-5-12(6-4-11)19-13(14,15)16/h3-6,10H,8-9H2,1-2H3. The SMILES string of the molecule is CC(C)N(CC#N)Cc1ccc(OC(F)(F)F)cc1. The van der Waals surface area contributed by atoms with Crippen molar-refractivity contribution >= 4 is 0 Å². The summed E-state index contributed by atoms with van der Waals surface area (Å²) >= 11 is 0. The third kappa shape index (κ3) is 5.62. The molecule has 0 heterocycles. The lowest BCUT2D eigenvalue weighted by Gasteiger charge is -2.23. The molecule has 0 amide bonds. The Morgan fingerprint density at radius 2 is 1.84 bits per heavy atom. The first kappa shape index (κ1) is 15.3. The largest absolute Gasteiger partial charge is 0.573 e. The summed E-state index contributed by atoms with van der Waals surface area (Å²) in [6.45, 7) is 4.70. The number of nitrogens with zero attached hydrogens (tertiary/aromatic N) is 2. The van der Waals surface area contributed by atoms with Crippen molar-refractivity contribution in [2.75, 3.05) is 6.54 Å². The van der Waals surface area contributed by atoms with Crippen LogP contribution in [0.3, 0.4) is 0 Å². The van der Waals surface area contributed by atoms with E-state index in [1.54, 1.807) is 12.1 Å². The summed E-state index contributed by atoms with van der Waals surface area (Å²) in [5.41, 5.74) is 0.832. The minimum Gasteiger partial charge on any atom is -0.406 e. The van der Waals surface area contributed by atoms with Crippen LogP contribution >= 0.6 is 0 Å². The fourth-order valence-electron chi connectivity index (χ4n) is 1.54. The Hall–Kier alpha value is -1.74. The van der Waals surface area contributed by atoms with Gasteiger partial charge in [0.05, 0.1) is 12.6 Å². The van der Waals surface area contributed by atoms with Gasteiger partial charge in [0.2, 0.25) is 0 Å². The van der Waals surface area contributed by atoms with E-state index in [2.05, 4.69) is 10.8 Å². The van der Waals surface area contributed by atoms with Gasteiger partial charge in [-0.1, -0.05) is 12.1 Å². The Kier molecular flexibility index (Phi) is 5.19. The van der Waals surface area contributed by atoms with Gasteiger partial charge < -0.3 is 4.74 Å². The number of halogens is 3. The molecular weight excluding hydrogens is 257 g/mol. The molecule has 0 saturated heterocycles. The number of alkyl halides is 3. The molecule has 0 spiro atoms. The number of hydrogen-bond acceptors (Lipinski definition) is 3. The molecule has 0 unspecified atom stereocenters. The monoisotopic (exact) mass is 272 g/mol. The highest BCUT2D eigenvalue weighted by atomic mass is 19.4. The molecule has 6 heteroatoms. The zero-order chi connectivity index (χ0) is 14.5. The minimum atomic E-state index is -4.67. The van der Waals surface area contributed by atoms with Crippen LogP contribution in [-0.2, 0) is 6.54 Å². The lowest BCUT2D eigenvalue weighted by Crippen LogP contribution is -2.30. The smallest absolute Gasteiger partial charge is 0.406 e. The molecule has 1 rings (SSSR count). The molecule has 0 aliphatic heterocycles. The van der Waals surface area contributed by atoms with Crippen molar-refractivity contribution in [1.29, 1.82) is 5.26 Å². The highest BCUT2D eigenvalue weighted by molar-refractivity contribution is 5.27. The Labute approximate surface area is 110 Å². The van der Waals surface area contributed by atoms with Crippen LogP contribution < -0.4 is 4.74 Å². The topological polar surface area (TPSA) is 36.3 Å². The molecular formula is C13H15F3N2O. The average molecular weight is 272 g/mol. The van der Waals surface area contributed by atoms with Crippen molar-refractivity contribution in [2.45, 2.75) is 32.8 Å². The quantitative estimate of drug-likeness (QED) is 0.771. The molecule has 1 aromatic rings. The van der Waals surface area contributed by atoms with E-state index in [1.807, 2.05) is 18.7 Å². The number of rotatable bonds is 5. The maximum absolute atomic E-state index is 12.0. The number of nitriles is 1. The lowest BCUT2D eigenvalue weighted by molar-refractivity contribution is -0.274. The van der Waals surface area contributed by atoms with E-state index in [9.17, 15) is 13.2 Å². The highest BCUT2D eigenvalue weighted by Crippen LogP contribution is 2.23. The summed E-state index contributed by atoms with van der Waals surface area (Å²) < 4.78 is 39.8. The molecule has 0 radical (unpaired) electrons. The first-order valence-electron chi connectivity index (χ1n) is 5.77. The second kappa shape index (κ2) is 6.43. The number of ether oxygens (including phenoxy) is 1. The molecule has 0 aromatic heterocycles. The molecule has 3 nitrogen and oxygen atoms in total. The summed E-state index contributed by atoms with van der Waals surface area (Å²) in [4.78, 5) is 1.92. The van der Waals surface area contributed by atoms with Crippen LogP contribution in [0.2, 0.25) is 0 Å². The molecule has 0 saturated carbocycles. The first-order chi connectivity index (χ1) is 8.81. The molecule has 0 N–H and O–H groups in total. The van der Waals surface area contributed by atoms with Crippen molar-refractivity contribution in [3.63, 3.8) is 0 Å². The van der Waals surface area contributed by atoms with Gasteiger partial charge in [-0.25, -0.2) is 0 Å². The summed E-state index contributed by atoms with van der Waals surface area (Å²) in [6.07, 6.45) is -4.67. The van der Waals surface area contributed by atoms with E-state index in [-0.39, 0.29) is 18.3 Å². The van der Waals surface area contributed by atoms with E-state index < -0.39 is 6.36 Å². The van der Waals surface area contributed by atoms with Crippen molar-refractivity contribution in [3.8, 4) is 11.8 Å². The van der Waals surface area contributed by atoms with Gasteiger partial charge in [0.25, 0.3) is 0 Å². The van der Waals surface area contributed by atoms with E-state index >= 15 is 0 Å². The number of hydrogen-bond donors (Lipinski definition) is 0. The van der Waals surface area contributed by atoms with E-state index in [0.717, 1.165) is 5.56 Å². The van der Waals surface area contributed by atoms with Crippen LogP contribution in [0.25, 0.3) is 0 Å². The lowest BCUT2D eigenvalue weighted by atomic mass is 10.2. The maximum atomic E-state index is 12.0. The molecule has 0 atom stereocenters. The molecule has 0 aliphatic carbocycles. The van der Waals surface area contributed by atoms with E-state index in [4.69, 9.17) is 5.26 Å². The Morgan fingerprint density at radius 1 is 1.26 bits per heavy atom. The molecule has 0 bridgehead atoms. The van der Waals surface area contributed by atoms with E-state index in [1.165, 1.54) is 12.1 Å². The van der Waals surface area contributed by atoms with Gasteiger partial charge in [-0.15, -0.1) is 13.2 Å². The van der Waals surface area contributed by atoms with Crippen LogP contribution in [-0.4, -0.2) is 23.8 Å². The van der Waals surface area contributed by atoms with E-state index in [0.29, 0.717) is 6.54 Å². The van der Waals surface area contributed by atoms with Crippen molar-refractivity contribution in [3.05, 3.63) is 29.8 Å². The third-order valence-corrected chi connectivity index (χ3v) is 2.55. The normalized spacial score (nSPS) is 11.7. The van der Waals surface area contributed by atoms with Crippen molar-refractivity contribution in [1.82, 2.24) is 4.90 Å². The fraction of sp³-hybridized carbons (Fsp3) is 0.462. The summed E-state index contributed by atoms with van der Waals surface area (Å²) in [5, 5.41) is 8.70. The Balaban J connectivity index is 2.68. The third-order valence-electron chi connectivity index (χ3n) is 2.55. The van der Waals surface area contributed by atoms with Crippen LogP contribution in [0.15, 0.2) is 24.3 Å². The van der Waals surface area contributed by atoms with Crippen LogP contribution in [0, 0.1) is 11.3 Å². The van der Waals surface area contributed by atoms with Gasteiger partial charge in [-0.05, 0) is 31.5 Å². The predicted molar refractivity (Wildman–Crippen MR) is 64.3 cm³/mol. The van der Waals surface area contributed by atoms with Gasteiger partial charge in [-0.2, -0.15) is 5.26 Å². The zero-order valence-electron chi connectivity index (χ0n) is 10.7. The van der Waals surface area contributed by atoms with Crippen molar-refractivity contribution in [2.24, 2.45) is 0 Å². The second-order valence-corrected chi connectivity index (χ2v) is 4.35. The van der Waals surface area contributed by atoms with Crippen LogP contribution in [0.1, 0.15) is 19.4 Å². The highest BCUT2D eigenvalue weighted by Gasteiger charge is 2.30. The average Bonchev–Trinajstić information content (AvgIpc) is 2.29. The Bertz CT molecular complexity index is 435. The second-order valence-electron chi connectivity index (χ2n) is 4.35.